The highest BCUT2D eigenvalue weighted by Crippen LogP contribution is 2.33. The number of rotatable bonds is 5. The molecule has 0 aromatic heterocycles. The maximum Gasteiger partial charge on any atom is 0.390 e. The van der Waals surface area contributed by atoms with E-state index in [1.807, 2.05) is 18.2 Å². The molecule has 5 nitrogen and oxygen atoms in total. The molecule has 3 rings (SSSR count). The van der Waals surface area contributed by atoms with Gasteiger partial charge in [-0.05, 0) is 37.2 Å². The van der Waals surface area contributed by atoms with Crippen LogP contribution in [-0.2, 0) is 9.59 Å². The number of nitrogens with zero attached hydrogens (tertiary/aromatic N) is 1. The van der Waals surface area contributed by atoms with E-state index < -0.39 is 36.7 Å². The molecule has 0 radical (unpaired) electrons. The zero-order valence-electron chi connectivity index (χ0n) is 15.3. The molecule has 1 aliphatic carbocycles. The van der Waals surface area contributed by atoms with Gasteiger partial charge in [-0.1, -0.05) is 30.3 Å². The molecule has 1 saturated carbocycles. The summed E-state index contributed by atoms with van der Waals surface area (Å²) in [5.74, 6) is -1.82. The van der Waals surface area contributed by atoms with Crippen LogP contribution in [0.15, 0.2) is 41.7 Å². The summed E-state index contributed by atoms with van der Waals surface area (Å²) in [4.78, 5) is 25.2. The average Bonchev–Trinajstić information content (AvgIpc) is 2.95. The molecule has 152 valence electrons. The van der Waals surface area contributed by atoms with Crippen LogP contribution in [0.4, 0.5) is 13.2 Å². The largest absolute Gasteiger partial charge is 0.503 e. The number of aliphatic hydroxyl groups is 1. The third-order valence-corrected chi connectivity index (χ3v) is 5.40. The van der Waals surface area contributed by atoms with Crippen molar-refractivity contribution < 1.29 is 27.9 Å². The molecule has 0 spiro atoms. The average molecular weight is 396 g/mol. The van der Waals surface area contributed by atoms with E-state index in [4.69, 9.17) is 0 Å². The molecular formula is C20H23F3N2O3. The first-order valence-corrected chi connectivity index (χ1v) is 9.38. The van der Waals surface area contributed by atoms with Crippen molar-refractivity contribution in [3.63, 3.8) is 0 Å². The second kappa shape index (κ2) is 8.24. The number of alkyl halides is 3. The van der Waals surface area contributed by atoms with Crippen molar-refractivity contribution in [3.05, 3.63) is 47.2 Å². The van der Waals surface area contributed by atoms with Crippen LogP contribution in [0.1, 0.15) is 43.6 Å². The standard InChI is InChI=1S/C20H23F3N2O3/c21-20(22,23)10-11-25-12-16(17(26)19(25)28)18(27)24-15-8-6-14(7-9-15)13-4-2-1-3-5-13/h1-5,14-15,26H,6-12H2,(H,24,27). The highest BCUT2D eigenvalue weighted by atomic mass is 19.4. The zero-order valence-corrected chi connectivity index (χ0v) is 15.3. The molecule has 0 saturated heterocycles. The molecule has 0 atom stereocenters. The molecule has 0 bridgehead atoms. The lowest BCUT2D eigenvalue weighted by Gasteiger charge is -2.29. The van der Waals surface area contributed by atoms with Gasteiger partial charge in [-0.15, -0.1) is 0 Å². The quantitative estimate of drug-likeness (QED) is 0.801. The monoisotopic (exact) mass is 396 g/mol. The van der Waals surface area contributed by atoms with Crippen molar-refractivity contribution in [2.45, 2.75) is 50.2 Å². The number of aliphatic hydroxyl groups excluding tert-OH is 1. The van der Waals surface area contributed by atoms with Crippen molar-refractivity contribution in [1.82, 2.24) is 10.2 Å². The van der Waals surface area contributed by atoms with E-state index in [9.17, 15) is 27.9 Å². The highest BCUT2D eigenvalue weighted by molar-refractivity contribution is 6.07. The number of carbonyl (C=O) groups is 2. The summed E-state index contributed by atoms with van der Waals surface area (Å²) < 4.78 is 37.1. The van der Waals surface area contributed by atoms with Gasteiger partial charge < -0.3 is 15.3 Å². The zero-order chi connectivity index (χ0) is 20.3. The van der Waals surface area contributed by atoms with Crippen molar-refractivity contribution in [2.75, 3.05) is 13.1 Å². The van der Waals surface area contributed by atoms with Gasteiger partial charge in [-0.3, -0.25) is 9.59 Å². The fraction of sp³-hybridized carbons (Fsp3) is 0.500. The van der Waals surface area contributed by atoms with Gasteiger partial charge in [-0.25, -0.2) is 0 Å². The van der Waals surface area contributed by atoms with Crippen molar-refractivity contribution in [3.8, 4) is 0 Å². The predicted octanol–water partition coefficient (Wildman–Crippen LogP) is 3.44. The minimum atomic E-state index is -4.40. The third-order valence-electron chi connectivity index (χ3n) is 5.40. The number of nitrogens with one attached hydrogen (secondary N) is 1. The second-order valence-corrected chi connectivity index (χ2v) is 7.35. The summed E-state index contributed by atoms with van der Waals surface area (Å²) in [6.45, 7) is -0.878. The molecule has 0 unspecified atom stereocenters. The Labute approximate surface area is 161 Å². The highest BCUT2D eigenvalue weighted by Gasteiger charge is 2.37. The fourth-order valence-corrected chi connectivity index (χ4v) is 3.81. The van der Waals surface area contributed by atoms with Crippen LogP contribution in [0.25, 0.3) is 0 Å². The minimum absolute atomic E-state index is 0.0768. The number of carbonyl (C=O) groups excluding carboxylic acids is 2. The van der Waals surface area contributed by atoms with Crippen LogP contribution < -0.4 is 5.32 Å². The summed E-state index contributed by atoms with van der Waals surface area (Å²) in [5, 5.41) is 12.7. The Bertz CT molecular complexity index is 754. The normalized spacial score (nSPS) is 23.2. The number of hydrogen-bond donors (Lipinski definition) is 2. The van der Waals surface area contributed by atoms with Gasteiger partial charge in [0, 0.05) is 12.6 Å². The first-order chi connectivity index (χ1) is 13.2. The molecular weight excluding hydrogens is 373 g/mol. The van der Waals surface area contributed by atoms with Crippen molar-refractivity contribution in [2.24, 2.45) is 0 Å². The number of amides is 2. The predicted molar refractivity (Wildman–Crippen MR) is 96.5 cm³/mol. The Morgan fingerprint density at radius 1 is 1.14 bits per heavy atom. The molecule has 2 aliphatic rings. The molecule has 1 aliphatic heterocycles. The van der Waals surface area contributed by atoms with Gasteiger partial charge >= 0.3 is 6.18 Å². The fourth-order valence-electron chi connectivity index (χ4n) is 3.81. The van der Waals surface area contributed by atoms with Crippen molar-refractivity contribution in [1.29, 1.82) is 0 Å². The Kier molecular flexibility index (Phi) is 5.96. The molecule has 1 aromatic carbocycles. The maximum absolute atomic E-state index is 12.4. The van der Waals surface area contributed by atoms with E-state index in [0.29, 0.717) is 5.92 Å². The van der Waals surface area contributed by atoms with Crippen LogP contribution in [0, 0.1) is 0 Å². The van der Waals surface area contributed by atoms with Gasteiger partial charge in [0.05, 0.1) is 18.5 Å². The van der Waals surface area contributed by atoms with E-state index >= 15 is 0 Å². The molecule has 28 heavy (non-hydrogen) atoms. The molecule has 1 aromatic rings. The Hall–Kier alpha value is -2.51. The molecule has 1 fully saturated rings. The van der Waals surface area contributed by atoms with E-state index in [1.54, 1.807) is 0 Å². The molecule has 2 N–H and O–H groups in total. The second-order valence-electron chi connectivity index (χ2n) is 7.35. The van der Waals surface area contributed by atoms with Gasteiger partial charge in [0.2, 0.25) is 0 Å². The van der Waals surface area contributed by atoms with Crippen LogP contribution >= 0.6 is 0 Å². The van der Waals surface area contributed by atoms with E-state index in [2.05, 4.69) is 17.4 Å². The van der Waals surface area contributed by atoms with Gasteiger partial charge in [0.1, 0.15) is 0 Å². The van der Waals surface area contributed by atoms with Crippen LogP contribution in [0.2, 0.25) is 0 Å². The summed E-state index contributed by atoms with van der Waals surface area (Å²) in [6, 6.07) is 10.1. The summed E-state index contributed by atoms with van der Waals surface area (Å²) in [5.41, 5.74) is 1.12. The molecule has 2 amide bonds. The number of hydrogen-bond acceptors (Lipinski definition) is 3. The summed E-state index contributed by atoms with van der Waals surface area (Å²) in [6.07, 6.45) is -2.22. The van der Waals surface area contributed by atoms with E-state index in [0.717, 1.165) is 30.6 Å². The summed E-state index contributed by atoms with van der Waals surface area (Å²) in [7, 11) is 0. The third kappa shape index (κ3) is 4.85. The lowest BCUT2D eigenvalue weighted by atomic mass is 9.82. The van der Waals surface area contributed by atoms with Gasteiger partial charge in [0.25, 0.3) is 11.8 Å². The Morgan fingerprint density at radius 2 is 1.79 bits per heavy atom. The minimum Gasteiger partial charge on any atom is -0.503 e. The van der Waals surface area contributed by atoms with Crippen molar-refractivity contribution >= 4 is 11.8 Å². The smallest absolute Gasteiger partial charge is 0.390 e. The number of benzene rings is 1. The molecule has 8 heteroatoms. The first-order valence-electron chi connectivity index (χ1n) is 9.38. The van der Waals surface area contributed by atoms with Gasteiger partial charge in [-0.2, -0.15) is 13.2 Å². The van der Waals surface area contributed by atoms with Crippen LogP contribution in [0.5, 0.6) is 0 Å². The van der Waals surface area contributed by atoms with E-state index in [-0.39, 0.29) is 18.2 Å². The summed E-state index contributed by atoms with van der Waals surface area (Å²) >= 11 is 0. The van der Waals surface area contributed by atoms with Gasteiger partial charge in [0.15, 0.2) is 5.76 Å². The lowest BCUT2D eigenvalue weighted by Crippen LogP contribution is -2.39. The number of halogens is 3. The lowest BCUT2D eigenvalue weighted by molar-refractivity contribution is -0.143. The van der Waals surface area contributed by atoms with E-state index in [1.165, 1.54) is 5.56 Å². The topological polar surface area (TPSA) is 69.6 Å². The Balaban J connectivity index is 1.52. The Morgan fingerprint density at radius 3 is 2.39 bits per heavy atom. The van der Waals surface area contributed by atoms with Crippen LogP contribution in [-0.4, -0.2) is 47.1 Å². The maximum atomic E-state index is 12.4. The van der Waals surface area contributed by atoms with Crippen LogP contribution in [0.3, 0.4) is 0 Å². The first kappa shape index (κ1) is 20.2. The SMILES string of the molecule is O=C(NC1CCC(c2ccccc2)CC1)C1=C(O)C(=O)N(CCC(F)(F)F)C1. The molecule has 1 heterocycles.